The van der Waals surface area contributed by atoms with Gasteiger partial charge in [0.15, 0.2) is 0 Å². The van der Waals surface area contributed by atoms with E-state index in [0.717, 1.165) is 21.8 Å². The third kappa shape index (κ3) is 1.61. The molecule has 1 aromatic heterocycles. The molecule has 12 heavy (non-hydrogen) atoms. The largest absolute Gasteiger partial charge is 0.260 e. The topological polar surface area (TPSA) is 12.9 Å². The van der Waals surface area contributed by atoms with Gasteiger partial charge in [-0.3, -0.25) is 4.98 Å². The molecule has 0 fully saturated rings. The molecule has 0 unspecified atom stereocenters. The Labute approximate surface area is 78.8 Å². The van der Waals surface area contributed by atoms with Crippen molar-refractivity contribution < 1.29 is 0 Å². The summed E-state index contributed by atoms with van der Waals surface area (Å²) in [5, 5.41) is 0.855. The van der Waals surface area contributed by atoms with Gasteiger partial charge >= 0.3 is 0 Å². The fourth-order valence-electron chi connectivity index (χ4n) is 1.31. The zero-order valence-electron chi connectivity index (χ0n) is 7.98. The Morgan fingerprint density at radius 1 is 1.33 bits per heavy atom. The number of nitrogens with zero attached hydrogens (tertiary/aromatic N) is 1. The standard InChI is InChI=1S/C10H14ClN/c1-6(2)10-8(4)9(11)7(3)5-12-10/h5-6H,1-4H3. The van der Waals surface area contributed by atoms with Crippen LogP contribution in [0.2, 0.25) is 5.02 Å². The molecule has 0 aromatic carbocycles. The lowest BCUT2D eigenvalue weighted by molar-refractivity contribution is 0.809. The van der Waals surface area contributed by atoms with Gasteiger partial charge in [-0.05, 0) is 30.9 Å². The fourth-order valence-corrected chi connectivity index (χ4v) is 1.46. The van der Waals surface area contributed by atoms with Crippen LogP contribution in [-0.2, 0) is 0 Å². The lowest BCUT2D eigenvalue weighted by atomic mass is 10.0. The zero-order valence-corrected chi connectivity index (χ0v) is 8.74. The normalized spacial score (nSPS) is 10.8. The van der Waals surface area contributed by atoms with Crippen molar-refractivity contribution >= 4 is 11.6 Å². The number of rotatable bonds is 1. The Morgan fingerprint density at radius 3 is 2.42 bits per heavy atom. The molecule has 0 atom stereocenters. The van der Waals surface area contributed by atoms with E-state index in [1.54, 1.807) is 0 Å². The highest BCUT2D eigenvalue weighted by molar-refractivity contribution is 6.32. The summed E-state index contributed by atoms with van der Waals surface area (Å²) in [5.74, 6) is 0.447. The molecule has 0 aliphatic heterocycles. The Balaban J connectivity index is 3.27. The molecule has 0 radical (unpaired) electrons. The predicted molar refractivity (Wildman–Crippen MR) is 52.8 cm³/mol. The van der Waals surface area contributed by atoms with Crippen LogP contribution in [0.25, 0.3) is 0 Å². The first-order valence-corrected chi connectivity index (χ1v) is 4.53. The zero-order chi connectivity index (χ0) is 9.30. The SMILES string of the molecule is Cc1cnc(C(C)C)c(C)c1Cl. The van der Waals surface area contributed by atoms with Crippen molar-refractivity contribution in [1.29, 1.82) is 0 Å². The van der Waals surface area contributed by atoms with Gasteiger partial charge in [-0.25, -0.2) is 0 Å². The van der Waals surface area contributed by atoms with E-state index in [-0.39, 0.29) is 0 Å². The summed E-state index contributed by atoms with van der Waals surface area (Å²) < 4.78 is 0. The number of hydrogen-bond acceptors (Lipinski definition) is 1. The maximum Gasteiger partial charge on any atom is 0.0497 e. The second-order valence-electron chi connectivity index (χ2n) is 3.42. The second kappa shape index (κ2) is 3.44. The Morgan fingerprint density at radius 2 is 1.92 bits per heavy atom. The van der Waals surface area contributed by atoms with E-state index >= 15 is 0 Å². The Bertz CT molecular complexity index is 292. The van der Waals surface area contributed by atoms with Crippen molar-refractivity contribution in [2.45, 2.75) is 33.6 Å². The van der Waals surface area contributed by atoms with Crippen molar-refractivity contribution in [1.82, 2.24) is 4.98 Å². The molecule has 0 bridgehead atoms. The number of aromatic nitrogens is 1. The first-order valence-electron chi connectivity index (χ1n) is 4.15. The number of pyridine rings is 1. The molecule has 0 aliphatic carbocycles. The lowest BCUT2D eigenvalue weighted by Gasteiger charge is -2.10. The van der Waals surface area contributed by atoms with Crippen molar-refractivity contribution in [3.05, 3.63) is 28.0 Å². The summed E-state index contributed by atoms with van der Waals surface area (Å²) in [6.07, 6.45) is 1.84. The molecule has 0 amide bonds. The van der Waals surface area contributed by atoms with E-state index in [1.165, 1.54) is 0 Å². The third-order valence-electron chi connectivity index (χ3n) is 2.00. The van der Waals surface area contributed by atoms with Crippen molar-refractivity contribution in [2.24, 2.45) is 0 Å². The summed E-state index contributed by atoms with van der Waals surface area (Å²) in [7, 11) is 0. The summed E-state index contributed by atoms with van der Waals surface area (Å²) in [4.78, 5) is 4.35. The van der Waals surface area contributed by atoms with Crippen LogP contribution in [-0.4, -0.2) is 4.98 Å². The van der Waals surface area contributed by atoms with Crippen molar-refractivity contribution in [3.63, 3.8) is 0 Å². The van der Waals surface area contributed by atoms with Crippen LogP contribution >= 0.6 is 11.6 Å². The van der Waals surface area contributed by atoms with Crippen LogP contribution in [0.4, 0.5) is 0 Å². The first-order chi connectivity index (χ1) is 5.54. The van der Waals surface area contributed by atoms with E-state index in [9.17, 15) is 0 Å². The molecule has 1 nitrogen and oxygen atoms in total. The van der Waals surface area contributed by atoms with Gasteiger partial charge in [0.1, 0.15) is 0 Å². The number of aryl methyl sites for hydroxylation is 1. The number of halogens is 1. The fraction of sp³-hybridized carbons (Fsp3) is 0.500. The molecule has 0 saturated carbocycles. The summed E-state index contributed by atoms with van der Waals surface area (Å²) in [5.41, 5.74) is 3.27. The molecule has 0 spiro atoms. The van der Waals surface area contributed by atoms with Crippen molar-refractivity contribution in [3.8, 4) is 0 Å². The lowest BCUT2D eigenvalue weighted by Crippen LogP contribution is -1.98. The minimum Gasteiger partial charge on any atom is -0.260 e. The molecule has 0 aliphatic rings. The van der Waals surface area contributed by atoms with Gasteiger partial charge in [-0.2, -0.15) is 0 Å². The van der Waals surface area contributed by atoms with Crippen molar-refractivity contribution in [2.75, 3.05) is 0 Å². The summed E-state index contributed by atoms with van der Waals surface area (Å²) in [6, 6.07) is 0. The molecular weight excluding hydrogens is 170 g/mol. The van der Waals surface area contributed by atoms with Gasteiger partial charge in [0.2, 0.25) is 0 Å². The molecule has 0 saturated heterocycles. The molecular formula is C10H14ClN. The highest BCUT2D eigenvalue weighted by atomic mass is 35.5. The first kappa shape index (κ1) is 9.53. The average Bonchev–Trinajstić information content (AvgIpc) is 2.00. The summed E-state index contributed by atoms with van der Waals surface area (Å²) in [6.45, 7) is 8.26. The molecule has 1 heterocycles. The molecule has 1 rings (SSSR count). The van der Waals surface area contributed by atoms with E-state index in [2.05, 4.69) is 18.8 Å². The van der Waals surface area contributed by atoms with Gasteiger partial charge in [-0.1, -0.05) is 25.4 Å². The second-order valence-corrected chi connectivity index (χ2v) is 3.80. The minimum absolute atomic E-state index is 0.447. The van der Waals surface area contributed by atoms with Gasteiger partial charge in [0.05, 0.1) is 0 Å². The molecule has 1 aromatic rings. The smallest absolute Gasteiger partial charge is 0.0497 e. The highest BCUT2D eigenvalue weighted by Gasteiger charge is 2.09. The Hall–Kier alpha value is -0.560. The van der Waals surface area contributed by atoms with Gasteiger partial charge in [0.25, 0.3) is 0 Å². The van der Waals surface area contributed by atoms with E-state index in [1.807, 2.05) is 20.0 Å². The quantitative estimate of drug-likeness (QED) is 0.650. The van der Waals surface area contributed by atoms with Gasteiger partial charge in [0, 0.05) is 16.9 Å². The van der Waals surface area contributed by atoms with E-state index in [4.69, 9.17) is 11.6 Å². The van der Waals surface area contributed by atoms with E-state index < -0.39 is 0 Å². The minimum atomic E-state index is 0.447. The highest BCUT2D eigenvalue weighted by Crippen LogP contribution is 2.25. The monoisotopic (exact) mass is 183 g/mol. The summed E-state index contributed by atoms with van der Waals surface area (Å²) >= 11 is 6.09. The third-order valence-corrected chi connectivity index (χ3v) is 2.59. The van der Waals surface area contributed by atoms with Crippen LogP contribution in [0.15, 0.2) is 6.20 Å². The van der Waals surface area contributed by atoms with Crippen LogP contribution in [0.3, 0.4) is 0 Å². The average molecular weight is 184 g/mol. The van der Waals surface area contributed by atoms with Crippen LogP contribution in [0, 0.1) is 13.8 Å². The molecule has 66 valence electrons. The maximum absolute atomic E-state index is 6.09. The van der Waals surface area contributed by atoms with Crippen LogP contribution < -0.4 is 0 Å². The van der Waals surface area contributed by atoms with Crippen LogP contribution in [0.1, 0.15) is 36.6 Å². The molecule has 0 N–H and O–H groups in total. The maximum atomic E-state index is 6.09. The number of hydrogen-bond donors (Lipinski definition) is 0. The van der Waals surface area contributed by atoms with Gasteiger partial charge in [-0.15, -0.1) is 0 Å². The molecule has 2 heteroatoms. The van der Waals surface area contributed by atoms with Crippen LogP contribution in [0.5, 0.6) is 0 Å². The van der Waals surface area contributed by atoms with E-state index in [0.29, 0.717) is 5.92 Å². The van der Waals surface area contributed by atoms with Gasteiger partial charge < -0.3 is 0 Å². The predicted octanol–water partition coefficient (Wildman–Crippen LogP) is 3.48. The Kier molecular flexibility index (Phi) is 2.73.